The minimum Gasteiger partial charge on any atom is -0.484 e. The number of nitrogens with zero attached hydrogens (tertiary/aromatic N) is 1. The molecule has 194 valence electrons. The molecule has 0 saturated heterocycles. The van der Waals surface area contributed by atoms with Gasteiger partial charge in [0.15, 0.2) is 6.61 Å². The lowest BCUT2D eigenvalue weighted by Crippen LogP contribution is -2.53. The Bertz CT molecular complexity index is 1170. The Balaban J connectivity index is 1.60. The Morgan fingerprint density at radius 2 is 1.65 bits per heavy atom. The van der Waals surface area contributed by atoms with Crippen LogP contribution in [0.25, 0.3) is 0 Å². The molecule has 3 aromatic carbocycles. The van der Waals surface area contributed by atoms with Crippen LogP contribution in [0.5, 0.6) is 5.75 Å². The van der Waals surface area contributed by atoms with E-state index in [-0.39, 0.29) is 31.0 Å². The second kappa shape index (κ2) is 13.6. The predicted molar refractivity (Wildman–Crippen MR) is 151 cm³/mol. The minimum absolute atomic E-state index is 0.120. The molecule has 1 fully saturated rings. The second-order valence-electron chi connectivity index (χ2n) is 9.44. The summed E-state index contributed by atoms with van der Waals surface area (Å²) < 4.78 is 6.72. The molecule has 1 N–H and O–H groups in total. The lowest BCUT2D eigenvalue weighted by atomic mass is 9.94. The predicted octanol–water partition coefficient (Wildman–Crippen LogP) is 6.57. The van der Waals surface area contributed by atoms with Crippen molar-refractivity contribution in [2.24, 2.45) is 0 Å². The fourth-order valence-corrected chi connectivity index (χ4v) is 5.26. The molecule has 0 radical (unpaired) electrons. The third kappa shape index (κ3) is 8.34. The van der Waals surface area contributed by atoms with Crippen molar-refractivity contribution in [1.82, 2.24) is 10.2 Å². The van der Waals surface area contributed by atoms with Gasteiger partial charge in [-0.05, 0) is 60.4 Å². The van der Waals surface area contributed by atoms with Crippen LogP contribution in [0.4, 0.5) is 0 Å². The first-order chi connectivity index (χ1) is 18.0. The highest BCUT2D eigenvalue weighted by Gasteiger charge is 2.32. The molecule has 0 spiro atoms. The van der Waals surface area contributed by atoms with Crippen molar-refractivity contribution in [2.45, 2.75) is 57.2 Å². The summed E-state index contributed by atoms with van der Waals surface area (Å²) in [7, 11) is 0. The summed E-state index contributed by atoms with van der Waals surface area (Å²) in [4.78, 5) is 29.1. The van der Waals surface area contributed by atoms with Gasteiger partial charge in [0.2, 0.25) is 5.91 Å². The zero-order chi connectivity index (χ0) is 26.0. The Kier molecular flexibility index (Phi) is 10.0. The molecule has 4 rings (SSSR count). The number of carbonyl (C=O) groups excluding carboxylic acids is 2. The van der Waals surface area contributed by atoms with Gasteiger partial charge in [-0.2, -0.15) is 0 Å². The van der Waals surface area contributed by atoms with Crippen molar-refractivity contribution in [3.63, 3.8) is 0 Å². The van der Waals surface area contributed by atoms with Gasteiger partial charge in [0.05, 0.1) is 0 Å². The molecule has 1 aliphatic carbocycles. The first kappa shape index (κ1) is 27.2. The minimum atomic E-state index is -0.676. The maximum Gasteiger partial charge on any atom is 0.261 e. The molecule has 37 heavy (non-hydrogen) atoms. The second-order valence-corrected chi connectivity index (χ2v) is 10.8. The summed E-state index contributed by atoms with van der Waals surface area (Å²) in [5.74, 6) is 0.173. The van der Waals surface area contributed by atoms with Crippen molar-refractivity contribution < 1.29 is 14.3 Å². The third-order valence-corrected chi connectivity index (χ3v) is 7.39. The summed E-state index contributed by atoms with van der Waals surface area (Å²) in [5.41, 5.74) is 1.93. The number of rotatable bonds is 10. The van der Waals surface area contributed by atoms with Crippen LogP contribution in [-0.4, -0.2) is 35.4 Å². The van der Waals surface area contributed by atoms with E-state index in [9.17, 15) is 9.59 Å². The quantitative estimate of drug-likeness (QED) is 0.294. The number of amides is 2. The molecule has 0 aliphatic heterocycles. The van der Waals surface area contributed by atoms with Crippen molar-refractivity contribution in [3.05, 3.63) is 99.5 Å². The molecule has 3 aromatic rings. The molecule has 0 heterocycles. The first-order valence-electron chi connectivity index (χ1n) is 12.7. The highest BCUT2D eigenvalue weighted by Crippen LogP contribution is 2.21. The molecule has 2 amide bonds. The standard InChI is InChI=1S/C30H32BrClN2O3/c31-24-11-7-10-23(18-24)20-34(29(35)21-37-27-16-14-25(32)15-17-27)28(19-22-8-3-1-4-9-22)30(36)33-26-12-5-2-6-13-26/h1,3-4,7-11,14-18,26,28H,2,5-6,12-13,19-21H2,(H,33,36)/t28-/m1/s1. The number of ether oxygens (including phenoxy) is 1. The zero-order valence-corrected chi connectivity index (χ0v) is 23.1. The van der Waals surface area contributed by atoms with E-state index < -0.39 is 6.04 Å². The number of hydrogen-bond donors (Lipinski definition) is 1. The van der Waals surface area contributed by atoms with Gasteiger partial charge in [-0.25, -0.2) is 0 Å². The Morgan fingerprint density at radius 1 is 0.946 bits per heavy atom. The van der Waals surface area contributed by atoms with Crippen molar-refractivity contribution in [1.29, 1.82) is 0 Å². The molecular weight excluding hydrogens is 552 g/mol. The molecule has 1 aliphatic rings. The van der Waals surface area contributed by atoms with E-state index in [4.69, 9.17) is 16.3 Å². The highest BCUT2D eigenvalue weighted by atomic mass is 79.9. The maximum absolute atomic E-state index is 13.8. The molecule has 5 nitrogen and oxygen atoms in total. The SMILES string of the molecule is O=C(NC1CCCCC1)[C@@H](Cc1ccccc1)N(Cc1cccc(Br)c1)C(=O)COc1ccc(Cl)cc1. The monoisotopic (exact) mass is 582 g/mol. The van der Waals surface area contributed by atoms with Crippen LogP contribution in [0.2, 0.25) is 5.02 Å². The normalized spacial score (nSPS) is 14.5. The number of carbonyl (C=O) groups is 2. The van der Waals surface area contributed by atoms with Gasteiger partial charge >= 0.3 is 0 Å². The van der Waals surface area contributed by atoms with E-state index in [1.807, 2.05) is 54.6 Å². The van der Waals surface area contributed by atoms with Crippen LogP contribution in [-0.2, 0) is 22.6 Å². The van der Waals surface area contributed by atoms with Gasteiger partial charge in [-0.3, -0.25) is 9.59 Å². The maximum atomic E-state index is 13.8. The van der Waals surface area contributed by atoms with E-state index >= 15 is 0 Å². The number of benzene rings is 3. The Morgan fingerprint density at radius 3 is 2.35 bits per heavy atom. The molecular formula is C30H32BrClN2O3. The van der Waals surface area contributed by atoms with E-state index in [1.165, 1.54) is 6.42 Å². The van der Waals surface area contributed by atoms with E-state index in [0.29, 0.717) is 17.2 Å². The lowest BCUT2D eigenvalue weighted by Gasteiger charge is -2.33. The average molecular weight is 584 g/mol. The number of halogens is 2. The van der Waals surface area contributed by atoms with Gasteiger partial charge in [0.25, 0.3) is 5.91 Å². The lowest BCUT2D eigenvalue weighted by molar-refractivity contribution is -0.143. The molecule has 0 unspecified atom stereocenters. The number of nitrogens with one attached hydrogen (secondary N) is 1. The molecule has 0 aromatic heterocycles. The van der Waals surface area contributed by atoms with Crippen molar-refractivity contribution >= 4 is 39.3 Å². The average Bonchev–Trinajstić information content (AvgIpc) is 2.91. The topological polar surface area (TPSA) is 58.6 Å². The summed E-state index contributed by atoms with van der Waals surface area (Å²) in [6.07, 6.45) is 5.80. The molecule has 1 saturated carbocycles. The van der Waals surface area contributed by atoms with E-state index in [2.05, 4.69) is 21.2 Å². The van der Waals surface area contributed by atoms with Crippen LogP contribution < -0.4 is 10.1 Å². The fraction of sp³-hybridized carbons (Fsp3) is 0.333. The summed E-state index contributed by atoms with van der Waals surface area (Å²) in [5, 5.41) is 3.85. The van der Waals surface area contributed by atoms with Gasteiger partial charge in [0, 0.05) is 28.5 Å². The van der Waals surface area contributed by atoms with Crippen LogP contribution in [0.1, 0.15) is 43.2 Å². The first-order valence-corrected chi connectivity index (χ1v) is 13.9. The summed E-state index contributed by atoms with van der Waals surface area (Å²) >= 11 is 9.51. The van der Waals surface area contributed by atoms with Crippen molar-refractivity contribution in [3.8, 4) is 5.75 Å². The van der Waals surface area contributed by atoms with Gasteiger partial charge in [-0.15, -0.1) is 0 Å². The molecule has 1 atom stereocenters. The molecule has 0 bridgehead atoms. The van der Waals surface area contributed by atoms with Crippen LogP contribution in [0.15, 0.2) is 83.3 Å². The van der Waals surface area contributed by atoms with E-state index in [0.717, 1.165) is 41.3 Å². The van der Waals surface area contributed by atoms with Crippen LogP contribution >= 0.6 is 27.5 Å². The van der Waals surface area contributed by atoms with Gasteiger partial charge < -0.3 is 15.0 Å². The zero-order valence-electron chi connectivity index (χ0n) is 20.7. The van der Waals surface area contributed by atoms with E-state index in [1.54, 1.807) is 29.2 Å². The Hall–Kier alpha value is -2.83. The van der Waals surface area contributed by atoms with Crippen LogP contribution in [0.3, 0.4) is 0 Å². The third-order valence-electron chi connectivity index (χ3n) is 6.64. The molecule has 7 heteroatoms. The van der Waals surface area contributed by atoms with Crippen molar-refractivity contribution in [2.75, 3.05) is 6.61 Å². The highest BCUT2D eigenvalue weighted by molar-refractivity contribution is 9.10. The number of hydrogen-bond acceptors (Lipinski definition) is 3. The van der Waals surface area contributed by atoms with Gasteiger partial charge in [0.1, 0.15) is 11.8 Å². The Labute approximate surface area is 232 Å². The van der Waals surface area contributed by atoms with Crippen LogP contribution in [0, 0.1) is 0 Å². The summed E-state index contributed by atoms with van der Waals surface area (Å²) in [6.45, 7) is 0.107. The summed E-state index contributed by atoms with van der Waals surface area (Å²) in [6, 6.07) is 24.0. The fourth-order valence-electron chi connectivity index (χ4n) is 4.69. The largest absolute Gasteiger partial charge is 0.484 e. The smallest absolute Gasteiger partial charge is 0.261 e. The van der Waals surface area contributed by atoms with Gasteiger partial charge in [-0.1, -0.05) is 89.3 Å².